The number of hydrogen-bond acceptors (Lipinski definition) is 5. The Morgan fingerprint density at radius 2 is 1.96 bits per heavy atom. The second-order valence-corrected chi connectivity index (χ2v) is 5.49. The Morgan fingerprint density at radius 1 is 1.21 bits per heavy atom. The number of aromatic amines is 1. The summed E-state index contributed by atoms with van der Waals surface area (Å²) in [7, 11) is 0. The van der Waals surface area contributed by atoms with Crippen molar-refractivity contribution in [2.24, 2.45) is 0 Å². The highest BCUT2D eigenvalue weighted by molar-refractivity contribution is 6.01. The second kappa shape index (κ2) is 6.45. The quantitative estimate of drug-likeness (QED) is 0.643. The van der Waals surface area contributed by atoms with Gasteiger partial charge in [-0.3, -0.25) is 9.78 Å². The monoisotopic (exact) mass is 319 g/mol. The Morgan fingerprint density at radius 3 is 2.62 bits per heavy atom. The predicted octanol–water partition coefficient (Wildman–Crippen LogP) is 3.27. The maximum absolute atomic E-state index is 12.5. The van der Waals surface area contributed by atoms with Crippen molar-refractivity contribution in [1.29, 1.82) is 5.41 Å². The summed E-state index contributed by atoms with van der Waals surface area (Å²) in [5, 5.41) is 11.0. The Balaban J connectivity index is 2.14. The zero-order chi connectivity index (χ0) is 17.1. The van der Waals surface area contributed by atoms with Crippen LogP contribution in [0.1, 0.15) is 18.1 Å². The first-order valence-corrected chi connectivity index (χ1v) is 7.48. The van der Waals surface area contributed by atoms with Crippen LogP contribution in [-0.2, 0) is 0 Å². The van der Waals surface area contributed by atoms with Crippen molar-refractivity contribution in [2.75, 3.05) is 5.32 Å². The summed E-state index contributed by atoms with van der Waals surface area (Å²) in [4.78, 5) is 23.7. The van der Waals surface area contributed by atoms with Crippen molar-refractivity contribution >= 4 is 17.2 Å². The van der Waals surface area contributed by atoms with Crippen LogP contribution in [0.2, 0.25) is 0 Å². The van der Waals surface area contributed by atoms with Crippen LogP contribution >= 0.6 is 0 Å². The molecule has 0 atom stereocenters. The van der Waals surface area contributed by atoms with E-state index in [4.69, 9.17) is 5.41 Å². The van der Waals surface area contributed by atoms with Crippen LogP contribution in [-0.4, -0.2) is 20.7 Å². The van der Waals surface area contributed by atoms with Gasteiger partial charge in [0, 0.05) is 29.4 Å². The van der Waals surface area contributed by atoms with Gasteiger partial charge in [-0.1, -0.05) is 23.8 Å². The van der Waals surface area contributed by atoms with Gasteiger partial charge >= 0.3 is 0 Å². The molecule has 120 valence electrons. The fraction of sp³-hybridized carbons (Fsp3) is 0.111. The molecule has 24 heavy (non-hydrogen) atoms. The van der Waals surface area contributed by atoms with Crippen molar-refractivity contribution in [3.05, 3.63) is 70.3 Å². The van der Waals surface area contributed by atoms with E-state index in [-0.39, 0.29) is 16.8 Å². The van der Waals surface area contributed by atoms with Crippen LogP contribution < -0.4 is 10.9 Å². The SMILES string of the molecule is CC(=N)c1c(Nc2ccncc2)nc(-c2cccc(C)c2)[nH]c1=O. The van der Waals surface area contributed by atoms with Crippen molar-refractivity contribution in [2.45, 2.75) is 13.8 Å². The first-order chi connectivity index (χ1) is 11.5. The number of aromatic nitrogens is 3. The van der Waals surface area contributed by atoms with E-state index >= 15 is 0 Å². The van der Waals surface area contributed by atoms with Gasteiger partial charge in [0.15, 0.2) is 0 Å². The highest BCUT2D eigenvalue weighted by atomic mass is 16.1. The fourth-order valence-electron chi connectivity index (χ4n) is 2.41. The molecule has 0 aliphatic carbocycles. The van der Waals surface area contributed by atoms with Gasteiger partial charge < -0.3 is 15.7 Å². The van der Waals surface area contributed by atoms with Crippen molar-refractivity contribution in [1.82, 2.24) is 15.0 Å². The summed E-state index contributed by atoms with van der Waals surface area (Å²) in [5.74, 6) is 0.819. The van der Waals surface area contributed by atoms with Crippen LogP contribution in [0.3, 0.4) is 0 Å². The van der Waals surface area contributed by atoms with Gasteiger partial charge in [-0.25, -0.2) is 4.98 Å². The van der Waals surface area contributed by atoms with Crippen LogP contribution in [0, 0.1) is 12.3 Å². The Kier molecular flexibility index (Phi) is 4.20. The Bertz CT molecular complexity index is 947. The summed E-state index contributed by atoms with van der Waals surface area (Å²) >= 11 is 0. The van der Waals surface area contributed by atoms with Gasteiger partial charge in [0.1, 0.15) is 17.2 Å². The molecule has 0 unspecified atom stereocenters. The first kappa shape index (κ1) is 15.6. The lowest BCUT2D eigenvalue weighted by Gasteiger charge is -2.12. The number of H-pyrrole nitrogens is 1. The normalized spacial score (nSPS) is 10.4. The highest BCUT2D eigenvalue weighted by Crippen LogP contribution is 2.21. The van der Waals surface area contributed by atoms with Gasteiger partial charge in [-0.15, -0.1) is 0 Å². The van der Waals surface area contributed by atoms with Crippen molar-refractivity contribution in [3.63, 3.8) is 0 Å². The molecule has 3 N–H and O–H groups in total. The molecule has 2 heterocycles. The highest BCUT2D eigenvalue weighted by Gasteiger charge is 2.15. The van der Waals surface area contributed by atoms with Gasteiger partial charge in [0.25, 0.3) is 5.56 Å². The maximum Gasteiger partial charge on any atom is 0.262 e. The molecule has 1 aromatic carbocycles. The van der Waals surface area contributed by atoms with Gasteiger partial charge in [-0.05, 0) is 32.0 Å². The zero-order valence-corrected chi connectivity index (χ0v) is 13.4. The number of nitrogens with one attached hydrogen (secondary N) is 3. The van der Waals surface area contributed by atoms with E-state index in [1.54, 1.807) is 31.5 Å². The molecule has 6 nitrogen and oxygen atoms in total. The fourth-order valence-corrected chi connectivity index (χ4v) is 2.41. The van der Waals surface area contributed by atoms with Crippen LogP contribution in [0.5, 0.6) is 0 Å². The second-order valence-electron chi connectivity index (χ2n) is 5.49. The molecule has 0 spiro atoms. The molecule has 0 bridgehead atoms. The number of benzene rings is 1. The Labute approximate surface area is 139 Å². The predicted molar refractivity (Wildman–Crippen MR) is 95.1 cm³/mol. The minimum absolute atomic E-state index is 0.149. The average molecular weight is 319 g/mol. The van der Waals surface area contributed by atoms with E-state index < -0.39 is 0 Å². The first-order valence-electron chi connectivity index (χ1n) is 7.48. The van der Waals surface area contributed by atoms with Crippen molar-refractivity contribution in [3.8, 4) is 11.4 Å². The lowest BCUT2D eigenvalue weighted by molar-refractivity contribution is 1.11. The van der Waals surface area contributed by atoms with E-state index in [0.29, 0.717) is 11.6 Å². The number of rotatable bonds is 4. The lowest BCUT2D eigenvalue weighted by Crippen LogP contribution is -2.21. The van der Waals surface area contributed by atoms with Crippen LogP contribution in [0.25, 0.3) is 11.4 Å². The minimum atomic E-state index is -0.342. The zero-order valence-electron chi connectivity index (χ0n) is 13.4. The summed E-state index contributed by atoms with van der Waals surface area (Å²) in [6, 6.07) is 11.3. The molecule has 0 aliphatic rings. The largest absolute Gasteiger partial charge is 0.339 e. The van der Waals surface area contributed by atoms with Gasteiger partial charge in [0.05, 0.1) is 0 Å². The third-order valence-corrected chi connectivity index (χ3v) is 3.53. The van der Waals surface area contributed by atoms with E-state index in [1.165, 1.54) is 0 Å². The number of aryl methyl sites for hydroxylation is 1. The maximum atomic E-state index is 12.5. The number of nitrogens with zero attached hydrogens (tertiary/aromatic N) is 2. The molecule has 6 heteroatoms. The molecular weight excluding hydrogens is 302 g/mol. The van der Waals surface area contributed by atoms with Crippen LogP contribution in [0.15, 0.2) is 53.6 Å². The number of anilines is 2. The molecule has 2 aromatic heterocycles. The van der Waals surface area contributed by atoms with E-state index in [1.807, 2.05) is 31.2 Å². The van der Waals surface area contributed by atoms with Crippen molar-refractivity contribution < 1.29 is 0 Å². The molecule has 3 rings (SSSR count). The van der Waals surface area contributed by atoms with E-state index in [9.17, 15) is 4.79 Å². The van der Waals surface area contributed by atoms with E-state index in [2.05, 4.69) is 20.3 Å². The van der Waals surface area contributed by atoms with Gasteiger partial charge in [-0.2, -0.15) is 0 Å². The minimum Gasteiger partial charge on any atom is -0.339 e. The third kappa shape index (κ3) is 3.22. The number of hydrogen-bond donors (Lipinski definition) is 3. The Hall–Kier alpha value is -3.28. The lowest BCUT2D eigenvalue weighted by atomic mass is 10.1. The summed E-state index contributed by atoms with van der Waals surface area (Å²) in [6.07, 6.45) is 3.29. The molecule has 0 amide bonds. The summed E-state index contributed by atoms with van der Waals surface area (Å²) in [6.45, 7) is 3.55. The number of pyridine rings is 1. The molecule has 3 aromatic rings. The molecule has 0 radical (unpaired) electrons. The topological polar surface area (TPSA) is 94.5 Å². The smallest absolute Gasteiger partial charge is 0.262 e. The molecule has 0 saturated heterocycles. The van der Waals surface area contributed by atoms with Crippen LogP contribution in [0.4, 0.5) is 11.5 Å². The summed E-state index contributed by atoms with van der Waals surface area (Å²) < 4.78 is 0. The average Bonchev–Trinajstić information content (AvgIpc) is 2.55. The molecule has 0 fully saturated rings. The molecule has 0 saturated carbocycles. The third-order valence-electron chi connectivity index (χ3n) is 3.53. The standard InChI is InChI=1S/C18H17N5O/c1-11-4-3-5-13(10-11)16-22-17(15(12(2)19)18(24)23-16)21-14-6-8-20-9-7-14/h3-10,19H,1-2H3,(H2,20,21,22,23,24). The molecule has 0 aliphatic heterocycles. The molecular formula is C18H17N5O. The van der Waals surface area contributed by atoms with E-state index in [0.717, 1.165) is 16.8 Å². The van der Waals surface area contributed by atoms with Gasteiger partial charge in [0.2, 0.25) is 0 Å². The summed E-state index contributed by atoms with van der Waals surface area (Å²) in [5.41, 5.74) is 2.68.